The quantitative estimate of drug-likeness (QED) is 0.501. The van der Waals surface area contributed by atoms with Crippen LogP contribution in [0.15, 0.2) is 48.1 Å². The number of nitrogens with one attached hydrogen (secondary N) is 1. The summed E-state index contributed by atoms with van der Waals surface area (Å²) < 4.78 is 1.64. The molecule has 3 N–H and O–H groups in total. The number of phenolic OH excluding ortho intramolecular Hbond substituents is 2. The second kappa shape index (κ2) is 6.14. The molecule has 0 aliphatic carbocycles. The van der Waals surface area contributed by atoms with Gasteiger partial charge in [-0.05, 0) is 24.6 Å². The second-order valence-electron chi connectivity index (χ2n) is 4.84. The zero-order valence-corrected chi connectivity index (χ0v) is 12.2. The molecule has 1 aromatic carbocycles. The van der Waals surface area contributed by atoms with Gasteiger partial charge in [0, 0.05) is 23.9 Å². The number of anilines is 1. The molecule has 0 amide bonds. The summed E-state index contributed by atoms with van der Waals surface area (Å²) in [6, 6.07) is 5.95. The highest BCUT2D eigenvalue weighted by atomic mass is 16.3. The van der Waals surface area contributed by atoms with Gasteiger partial charge in [0.2, 0.25) is 0 Å². The van der Waals surface area contributed by atoms with Crippen LogP contribution in [0.5, 0.6) is 11.5 Å². The van der Waals surface area contributed by atoms with Gasteiger partial charge in [0.15, 0.2) is 11.6 Å². The van der Waals surface area contributed by atoms with Crippen molar-refractivity contribution in [3.8, 4) is 17.3 Å². The van der Waals surface area contributed by atoms with E-state index in [0.29, 0.717) is 17.2 Å². The third-order valence-corrected chi connectivity index (χ3v) is 3.00. The largest absolute Gasteiger partial charge is 0.508 e. The third-order valence-electron chi connectivity index (χ3n) is 3.00. The van der Waals surface area contributed by atoms with Gasteiger partial charge in [-0.1, -0.05) is 0 Å². The number of benzene rings is 1. The number of aryl methyl sites for hydroxylation is 1. The average Bonchev–Trinajstić information content (AvgIpc) is 2.96. The summed E-state index contributed by atoms with van der Waals surface area (Å²) in [7, 11) is 0. The molecule has 8 nitrogen and oxygen atoms in total. The first kappa shape index (κ1) is 14.5. The SMILES string of the molecule is Cc1cnn(-c2cc(NN=Cc3ccc(O)cc3O)ncn2)c1. The topological polar surface area (TPSA) is 108 Å². The van der Waals surface area contributed by atoms with Crippen molar-refractivity contribution in [3.05, 3.63) is 54.1 Å². The summed E-state index contributed by atoms with van der Waals surface area (Å²) in [6.45, 7) is 1.94. The first-order valence-corrected chi connectivity index (χ1v) is 6.76. The molecule has 0 radical (unpaired) electrons. The minimum atomic E-state index is -0.0639. The summed E-state index contributed by atoms with van der Waals surface area (Å²) in [5.41, 5.74) is 4.25. The number of aromatic hydroxyl groups is 2. The number of rotatable bonds is 4. The molecular weight excluding hydrogens is 296 g/mol. The van der Waals surface area contributed by atoms with Crippen LogP contribution < -0.4 is 5.43 Å². The number of hydrogen-bond donors (Lipinski definition) is 3. The molecule has 0 aliphatic heterocycles. The Kier molecular flexibility index (Phi) is 3.88. The lowest BCUT2D eigenvalue weighted by Crippen LogP contribution is -2.01. The Morgan fingerprint density at radius 2 is 2.09 bits per heavy atom. The van der Waals surface area contributed by atoms with Crippen molar-refractivity contribution in [2.45, 2.75) is 6.92 Å². The van der Waals surface area contributed by atoms with Gasteiger partial charge < -0.3 is 10.2 Å². The molecule has 0 saturated heterocycles. The molecule has 2 aromatic heterocycles. The van der Waals surface area contributed by atoms with Crippen LogP contribution in [0.1, 0.15) is 11.1 Å². The lowest BCUT2D eigenvalue weighted by Gasteiger charge is -2.03. The minimum absolute atomic E-state index is 0.0115. The molecule has 3 rings (SSSR count). The molecule has 23 heavy (non-hydrogen) atoms. The summed E-state index contributed by atoms with van der Waals surface area (Å²) in [5.74, 6) is 1.02. The molecule has 2 heterocycles. The molecule has 8 heteroatoms. The van der Waals surface area contributed by atoms with Crippen molar-refractivity contribution in [1.82, 2.24) is 19.7 Å². The highest BCUT2D eigenvalue weighted by Crippen LogP contribution is 2.20. The molecule has 0 unspecified atom stereocenters. The van der Waals surface area contributed by atoms with Crippen molar-refractivity contribution in [2.24, 2.45) is 5.10 Å². The fourth-order valence-corrected chi connectivity index (χ4v) is 1.88. The highest BCUT2D eigenvalue weighted by Gasteiger charge is 2.02. The van der Waals surface area contributed by atoms with Gasteiger partial charge in [-0.25, -0.2) is 14.6 Å². The molecule has 116 valence electrons. The van der Waals surface area contributed by atoms with Crippen LogP contribution in [-0.4, -0.2) is 36.2 Å². The predicted molar refractivity (Wildman–Crippen MR) is 84.9 cm³/mol. The molecule has 3 aromatic rings. The number of aromatic nitrogens is 4. The summed E-state index contributed by atoms with van der Waals surface area (Å²) >= 11 is 0. The number of hydrogen-bond acceptors (Lipinski definition) is 7. The normalized spacial score (nSPS) is 11.0. The lowest BCUT2D eigenvalue weighted by molar-refractivity contribution is 0.450. The van der Waals surface area contributed by atoms with Crippen LogP contribution in [-0.2, 0) is 0 Å². The van der Waals surface area contributed by atoms with Gasteiger partial charge in [-0.2, -0.15) is 10.2 Å². The Labute approximate surface area is 131 Å². The van der Waals surface area contributed by atoms with E-state index in [0.717, 1.165) is 5.56 Å². The smallest absolute Gasteiger partial charge is 0.158 e. The molecule has 0 saturated carbocycles. The van der Waals surface area contributed by atoms with Crippen molar-refractivity contribution >= 4 is 12.0 Å². The maximum Gasteiger partial charge on any atom is 0.158 e. The van der Waals surface area contributed by atoms with E-state index in [1.54, 1.807) is 23.0 Å². The van der Waals surface area contributed by atoms with E-state index in [-0.39, 0.29) is 11.5 Å². The zero-order chi connectivity index (χ0) is 16.2. The Morgan fingerprint density at radius 3 is 2.83 bits per heavy atom. The van der Waals surface area contributed by atoms with Gasteiger partial charge in [0.05, 0.1) is 12.4 Å². The van der Waals surface area contributed by atoms with Gasteiger partial charge >= 0.3 is 0 Å². The molecule has 0 atom stereocenters. The maximum absolute atomic E-state index is 9.67. The van der Waals surface area contributed by atoms with Crippen molar-refractivity contribution in [2.75, 3.05) is 5.43 Å². The van der Waals surface area contributed by atoms with Crippen LogP contribution >= 0.6 is 0 Å². The summed E-state index contributed by atoms with van der Waals surface area (Å²) in [5, 5.41) is 27.1. The standard InChI is InChI=1S/C15H14N6O2/c1-10-6-19-21(8-10)15-5-14(16-9-17-15)20-18-7-11-2-3-12(22)4-13(11)23/h2-9,22-23H,1H3,(H,16,17,20). The Bertz CT molecular complexity index is 859. The summed E-state index contributed by atoms with van der Waals surface area (Å²) in [6.07, 6.45) is 6.42. The molecular formula is C15H14N6O2. The molecule has 0 spiro atoms. The number of hydrazone groups is 1. The van der Waals surface area contributed by atoms with Crippen LogP contribution in [0.4, 0.5) is 5.82 Å². The van der Waals surface area contributed by atoms with Crippen molar-refractivity contribution in [3.63, 3.8) is 0 Å². The van der Waals surface area contributed by atoms with E-state index < -0.39 is 0 Å². The first-order chi connectivity index (χ1) is 11.1. The van der Waals surface area contributed by atoms with E-state index in [4.69, 9.17) is 0 Å². The monoisotopic (exact) mass is 310 g/mol. The Hall–Kier alpha value is -3.42. The zero-order valence-electron chi connectivity index (χ0n) is 12.2. The fourth-order valence-electron chi connectivity index (χ4n) is 1.88. The molecule has 0 fully saturated rings. The minimum Gasteiger partial charge on any atom is -0.508 e. The van der Waals surface area contributed by atoms with E-state index in [1.165, 1.54) is 24.7 Å². The third kappa shape index (κ3) is 3.43. The van der Waals surface area contributed by atoms with Crippen LogP contribution in [0.25, 0.3) is 5.82 Å². The van der Waals surface area contributed by atoms with Gasteiger partial charge in [0.1, 0.15) is 17.8 Å². The van der Waals surface area contributed by atoms with E-state index >= 15 is 0 Å². The van der Waals surface area contributed by atoms with Gasteiger partial charge in [-0.15, -0.1) is 0 Å². The molecule has 0 aliphatic rings. The van der Waals surface area contributed by atoms with E-state index in [2.05, 4.69) is 25.6 Å². The van der Waals surface area contributed by atoms with Crippen LogP contribution in [0, 0.1) is 6.92 Å². The summed E-state index contributed by atoms with van der Waals surface area (Å²) in [4.78, 5) is 8.20. The predicted octanol–water partition coefficient (Wildman–Crippen LogP) is 1.83. The Balaban J connectivity index is 1.74. The Morgan fingerprint density at radius 1 is 1.22 bits per heavy atom. The van der Waals surface area contributed by atoms with Gasteiger partial charge in [-0.3, -0.25) is 5.43 Å². The second-order valence-corrected chi connectivity index (χ2v) is 4.84. The van der Waals surface area contributed by atoms with Crippen molar-refractivity contribution in [1.29, 1.82) is 0 Å². The number of phenols is 2. The van der Waals surface area contributed by atoms with E-state index in [1.807, 2.05) is 13.1 Å². The van der Waals surface area contributed by atoms with E-state index in [9.17, 15) is 10.2 Å². The van der Waals surface area contributed by atoms with Crippen molar-refractivity contribution < 1.29 is 10.2 Å². The van der Waals surface area contributed by atoms with Gasteiger partial charge in [0.25, 0.3) is 0 Å². The highest BCUT2D eigenvalue weighted by molar-refractivity contribution is 5.84. The maximum atomic E-state index is 9.67. The number of nitrogens with zero attached hydrogens (tertiary/aromatic N) is 5. The first-order valence-electron chi connectivity index (χ1n) is 6.76. The average molecular weight is 310 g/mol. The fraction of sp³-hybridized carbons (Fsp3) is 0.0667. The van der Waals surface area contributed by atoms with Crippen LogP contribution in [0.2, 0.25) is 0 Å². The lowest BCUT2D eigenvalue weighted by atomic mass is 10.2. The van der Waals surface area contributed by atoms with Crippen LogP contribution in [0.3, 0.4) is 0 Å². The molecule has 0 bridgehead atoms.